The van der Waals surface area contributed by atoms with Crippen LogP contribution in [0.15, 0.2) is 24.3 Å². The maximum absolute atomic E-state index is 5.93. The first-order valence-corrected chi connectivity index (χ1v) is 4.24. The number of halogens is 1. The first kappa shape index (κ1) is 9.30. The molecule has 0 radical (unpaired) electrons. The molecular formula is C10H12ClN. The summed E-state index contributed by atoms with van der Waals surface area (Å²) in [5.41, 5.74) is 7.52. The van der Waals surface area contributed by atoms with E-state index < -0.39 is 0 Å². The zero-order valence-corrected chi connectivity index (χ0v) is 7.81. The fourth-order valence-electron chi connectivity index (χ4n) is 0.917. The molecular weight excluding hydrogens is 170 g/mol. The molecule has 1 nitrogen and oxygen atoms in total. The third kappa shape index (κ3) is 2.36. The minimum Gasteiger partial charge on any atom is -0.327 e. The lowest BCUT2D eigenvalue weighted by molar-refractivity contribution is 1.26. The van der Waals surface area contributed by atoms with Crippen LogP contribution in [0.25, 0.3) is 6.08 Å². The molecule has 0 aliphatic carbocycles. The highest BCUT2D eigenvalue weighted by molar-refractivity contribution is 6.31. The molecule has 0 fully saturated rings. The van der Waals surface area contributed by atoms with Crippen LogP contribution in [0, 0.1) is 6.92 Å². The molecule has 0 heterocycles. The third-order valence-corrected chi connectivity index (χ3v) is 2.05. The van der Waals surface area contributed by atoms with Gasteiger partial charge in [0.2, 0.25) is 0 Å². The van der Waals surface area contributed by atoms with Crippen LogP contribution in [-0.2, 0) is 0 Å². The predicted molar refractivity (Wildman–Crippen MR) is 54.3 cm³/mol. The normalized spacial score (nSPS) is 10.9. The quantitative estimate of drug-likeness (QED) is 0.746. The predicted octanol–water partition coefficient (Wildman–Crippen LogP) is 2.62. The molecule has 0 atom stereocenters. The number of rotatable bonds is 2. The van der Waals surface area contributed by atoms with E-state index in [4.69, 9.17) is 17.3 Å². The van der Waals surface area contributed by atoms with E-state index in [1.165, 1.54) is 0 Å². The Morgan fingerprint density at radius 2 is 2.25 bits per heavy atom. The average molecular weight is 182 g/mol. The molecule has 0 saturated carbocycles. The number of benzene rings is 1. The van der Waals surface area contributed by atoms with Crippen molar-refractivity contribution in [3.63, 3.8) is 0 Å². The molecule has 2 N–H and O–H groups in total. The van der Waals surface area contributed by atoms with Crippen molar-refractivity contribution in [2.45, 2.75) is 6.92 Å². The van der Waals surface area contributed by atoms with Crippen molar-refractivity contribution in [2.75, 3.05) is 6.54 Å². The fraction of sp³-hybridized carbons (Fsp3) is 0.200. The third-order valence-electron chi connectivity index (χ3n) is 1.64. The second-order valence-corrected chi connectivity index (χ2v) is 3.05. The monoisotopic (exact) mass is 181 g/mol. The Hall–Kier alpha value is -0.790. The van der Waals surface area contributed by atoms with E-state index in [9.17, 15) is 0 Å². The van der Waals surface area contributed by atoms with Gasteiger partial charge in [0.1, 0.15) is 0 Å². The lowest BCUT2D eigenvalue weighted by Crippen LogP contribution is -1.91. The van der Waals surface area contributed by atoms with Crippen LogP contribution in [0.2, 0.25) is 5.02 Å². The maximum atomic E-state index is 5.93. The Balaban J connectivity index is 2.89. The van der Waals surface area contributed by atoms with E-state index in [0.29, 0.717) is 6.54 Å². The summed E-state index contributed by atoms with van der Waals surface area (Å²) in [4.78, 5) is 0. The van der Waals surface area contributed by atoms with Crippen LogP contribution in [0.1, 0.15) is 11.1 Å². The fourth-order valence-corrected chi connectivity index (χ4v) is 1.11. The first-order chi connectivity index (χ1) is 5.74. The average Bonchev–Trinajstić information content (AvgIpc) is 2.07. The van der Waals surface area contributed by atoms with Crippen molar-refractivity contribution in [1.82, 2.24) is 0 Å². The molecule has 0 amide bonds. The Kier molecular flexibility index (Phi) is 3.32. The Morgan fingerprint density at radius 3 is 2.83 bits per heavy atom. The summed E-state index contributed by atoms with van der Waals surface area (Å²) in [5.74, 6) is 0. The second-order valence-electron chi connectivity index (χ2n) is 2.65. The van der Waals surface area contributed by atoms with Gasteiger partial charge in [-0.15, -0.1) is 0 Å². The summed E-state index contributed by atoms with van der Waals surface area (Å²) in [7, 11) is 0. The maximum Gasteiger partial charge on any atom is 0.0441 e. The molecule has 0 spiro atoms. The lowest BCUT2D eigenvalue weighted by Gasteiger charge is -1.98. The molecule has 12 heavy (non-hydrogen) atoms. The van der Waals surface area contributed by atoms with Crippen LogP contribution in [-0.4, -0.2) is 6.54 Å². The standard InChI is InChI=1S/C10H12ClN/c1-8-4-5-9(3-2-6-12)7-10(8)11/h2-5,7H,6,12H2,1H3/b3-2+. The first-order valence-electron chi connectivity index (χ1n) is 3.87. The van der Waals surface area contributed by atoms with Gasteiger partial charge in [-0.05, 0) is 24.1 Å². The summed E-state index contributed by atoms with van der Waals surface area (Å²) in [5, 5.41) is 0.800. The minimum atomic E-state index is 0.561. The lowest BCUT2D eigenvalue weighted by atomic mass is 10.1. The van der Waals surface area contributed by atoms with Crippen molar-refractivity contribution in [3.8, 4) is 0 Å². The van der Waals surface area contributed by atoms with Crippen molar-refractivity contribution >= 4 is 17.7 Å². The van der Waals surface area contributed by atoms with Gasteiger partial charge in [-0.3, -0.25) is 0 Å². The summed E-state index contributed by atoms with van der Waals surface area (Å²) in [6, 6.07) is 5.95. The summed E-state index contributed by atoms with van der Waals surface area (Å²) in [6.45, 7) is 2.55. The minimum absolute atomic E-state index is 0.561. The van der Waals surface area contributed by atoms with Crippen LogP contribution < -0.4 is 5.73 Å². The zero-order chi connectivity index (χ0) is 8.97. The smallest absolute Gasteiger partial charge is 0.0441 e. The van der Waals surface area contributed by atoms with Gasteiger partial charge >= 0.3 is 0 Å². The zero-order valence-electron chi connectivity index (χ0n) is 7.05. The van der Waals surface area contributed by atoms with E-state index in [-0.39, 0.29) is 0 Å². The molecule has 0 saturated heterocycles. The van der Waals surface area contributed by atoms with Gasteiger partial charge in [0.25, 0.3) is 0 Å². The van der Waals surface area contributed by atoms with Gasteiger partial charge in [-0.1, -0.05) is 35.9 Å². The molecule has 1 rings (SSSR count). The molecule has 0 bridgehead atoms. The molecule has 0 aliphatic heterocycles. The Labute approximate surface area is 77.8 Å². The molecule has 0 aromatic heterocycles. The molecule has 1 aromatic rings. The van der Waals surface area contributed by atoms with Gasteiger partial charge in [-0.2, -0.15) is 0 Å². The van der Waals surface area contributed by atoms with E-state index in [0.717, 1.165) is 16.1 Å². The van der Waals surface area contributed by atoms with Gasteiger partial charge in [0.05, 0.1) is 0 Å². The van der Waals surface area contributed by atoms with Crippen LogP contribution >= 0.6 is 11.6 Å². The largest absolute Gasteiger partial charge is 0.327 e. The van der Waals surface area contributed by atoms with Gasteiger partial charge in [0.15, 0.2) is 0 Å². The van der Waals surface area contributed by atoms with Gasteiger partial charge in [-0.25, -0.2) is 0 Å². The summed E-state index contributed by atoms with van der Waals surface area (Å²) < 4.78 is 0. The highest BCUT2D eigenvalue weighted by Crippen LogP contribution is 2.17. The van der Waals surface area contributed by atoms with Gasteiger partial charge < -0.3 is 5.73 Å². The number of hydrogen-bond acceptors (Lipinski definition) is 1. The van der Waals surface area contributed by atoms with Crippen molar-refractivity contribution < 1.29 is 0 Å². The molecule has 2 heteroatoms. The van der Waals surface area contributed by atoms with Crippen LogP contribution in [0.5, 0.6) is 0 Å². The van der Waals surface area contributed by atoms with E-state index in [2.05, 4.69) is 0 Å². The number of nitrogens with two attached hydrogens (primary N) is 1. The van der Waals surface area contributed by atoms with Crippen LogP contribution in [0.4, 0.5) is 0 Å². The van der Waals surface area contributed by atoms with Crippen molar-refractivity contribution in [1.29, 1.82) is 0 Å². The molecule has 1 aromatic carbocycles. The SMILES string of the molecule is Cc1ccc(/C=C/CN)cc1Cl. The van der Waals surface area contributed by atoms with Crippen molar-refractivity contribution in [2.24, 2.45) is 5.73 Å². The van der Waals surface area contributed by atoms with E-state index in [1.54, 1.807) is 0 Å². The molecule has 0 unspecified atom stereocenters. The van der Waals surface area contributed by atoms with E-state index in [1.807, 2.05) is 37.3 Å². The molecule has 0 aliphatic rings. The number of hydrogen-bond donors (Lipinski definition) is 1. The van der Waals surface area contributed by atoms with E-state index >= 15 is 0 Å². The van der Waals surface area contributed by atoms with Gasteiger partial charge in [0, 0.05) is 11.6 Å². The highest BCUT2D eigenvalue weighted by atomic mass is 35.5. The van der Waals surface area contributed by atoms with Crippen molar-refractivity contribution in [3.05, 3.63) is 40.4 Å². The topological polar surface area (TPSA) is 26.0 Å². The molecule has 64 valence electrons. The Bertz CT molecular complexity index is 292. The Morgan fingerprint density at radius 1 is 1.50 bits per heavy atom. The van der Waals surface area contributed by atoms with Crippen LogP contribution in [0.3, 0.4) is 0 Å². The second kappa shape index (κ2) is 4.29. The summed E-state index contributed by atoms with van der Waals surface area (Å²) in [6.07, 6.45) is 3.87. The number of aryl methyl sites for hydroxylation is 1. The summed E-state index contributed by atoms with van der Waals surface area (Å²) >= 11 is 5.93. The highest BCUT2D eigenvalue weighted by Gasteiger charge is 1.93.